The van der Waals surface area contributed by atoms with Crippen LogP contribution >= 0.6 is 0 Å². The van der Waals surface area contributed by atoms with Gasteiger partial charge in [0.25, 0.3) is 5.91 Å². The quantitative estimate of drug-likeness (QED) is 0.470. The van der Waals surface area contributed by atoms with Crippen LogP contribution in [0.15, 0.2) is 72.9 Å². The van der Waals surface area contributed by atoms with Gasteiger partial charge in [-0.15, -0.1) is 0 Å². The molecule has 1 atom stereocenters. The molecule has 0 bridgehead atoms. The number of amides is 2. The normalized spacial score (nSPS) is 15.1. The average molecular weight is 511 g/mol. The van der Waals surface area contributed by atoms with Gasteiger partial charge in [-0.1, -0.05) is 37.3 Å². The average Bonchev–Trinajstić information content (AvgIpc) is 3.16. The zero-order valence-electron chi connectivity index (χ0n) is 20.5. The number of halogens is 3. The predicted molar refractivity (Wildman–Crippen MR) is 137 cm³/mol. The molecule has 37 heavy (non-hydrogen) atoms. The molecule has 6 nitrogen and oxygen atoms in total. The summed E-state index contributed by atoms with van der Waals surface area (Å²) >= 11 is 0. The van der Waals surface area contributed by atoms with Crippen LogP contribution in [-0.2, 0) is 11.0 Å². The van der Waals surface area contributed by atoms with Crippen molar-refractivity contribution in [3.8, 4) is 0 Å². The first-order chi connectivity index (χ1) is 17.8. The maximum atomic E-state index is 12.9. The summed E-state index contributed by atoms with van der Waals surface area (Å²) in [5.74, 6) is 0.109. The van der Waals surface area contributed by atoms with Crippen molar-refractivity contribution in [3.05, 3.63) is 89.6 Å². The van der Waals surface area contributed by atoms with Crippen LogP contribution < -0.4 is 10.2 Å². The van der Waals surface area contributed by atoms with Gasteiger partial charge in [-0.2, -0.15) is 13.2 Å². The molecule has 1 aliphatic rings. The number of pyridine rings is 1. The predicted octanol–water partition coefficient (Wildman–Crippen LogP) is 5.59. The Balaban J connectivity index is 1.35. The Kier molecular flexibility index (Phi) is 8.11. The van der Waals surface area contributed by atoms with Crippen molar-refractivity contribution < 1.29 is 22.8 Å². The molecule has 1 N–H and O–H groups in total. The van der Waals surface area contributed by atoms with Crippen LogP contribution in [0.4, 0.5) is 24.7 Å². The van der Waals surface area contributed by atoms with Gasteiger partial charge in [0.05, 0.1) is 23.4 Å². The molecule has 194 valence electrons. The molecule has 4 rings (SSSR count). The van der Waals surface area contributed by atoms with Crippen molar-refractivity contribution in [3.63, 3.8) is 0 Å². The number of rotatable bonds is 6. The van der Waals surface area contributed by atoms with Crippen LogP contribution in [0.3, 0.4) is 0 Å². The van der Waals surface area contributed by atoms with Crippen LogP contribution in [0.25, 0.3) is 0 Å². The van der Waals surface area contributed by atoms with Gasteiger partial charge in [-0.3, -0.25) is 9.59 Å². The molecule has 1 aliphatic heterocycles. The minimum Gasteiger partial charge on any atom is -0.355 e. The fourth-order valence-corrected chi connectivity index (χ4v) is 4.47. The minimum atomic E-state index is -4.43. The summed E-state index contributed by atoms with van der Waals surface area (Å²) in [6, 6.07) is 17.6. The third kappa shape index (κ3) is 6.47. The Morgan fingerprint density at radius 3 is 2.30 bits per heavy atom. The van der Waals surface area contributed by atoms with Crippen molar-refractivity contribution in [2.24, 2.45) is 0 Å². The van der Waals surface area contributed by atoms with E-state index in [1.54, 1.807) is 11.1 Å². The van der Waals surface area contributed by atoms with E-state index in [1.165, 1.54) is 12.1 Å². The number of aromatic nitrogens is 1. The van der Waals surface area contributed by atoms with Gasteiger partial charge in [0.1, 0.15) is 5.82 Å². The number of nitrogens with one attached hydrogen (secondary N) is 1. The lowest BCUT2D eigenvalue weighted by Crippen LogP contribution is -2.35. The van der Waals surface area contributed by atoms with Gasteiger partial charge in [0.2, 0.25) is 5.91 Å². The Bertz CT molecular complexity index is 1200. The summed E-state index contributed by atoms with van der Waals surface area (Å²) < 4.78 is 38.4. The molecule has 1 saturated heterocycles. The molecule has 2 aromatic carbocycles. The van der Waals surface area contributed by atoms with Gasteiger partial charge < -0.3 is 15.1 Å². The van der Waals surface area contributed by atoms with Gasteiger partial charge in [-0.25, -0.2) is 4.98 Å². The molecule has 0 aliphatic carbocycles. The van der Waals surface area contributed by atoms with E-state index >= 15 is 0 Å². The first-order valence-electron chi connectivity index (χ1n) is 12.3. The maximum Gasteiger partial charge on any atom is 0.416 e. The fourth-order valence-electron chi connectivity index (χ4n) is 4.47. The van der Waals surface area contributed by atoms with E-state index in [9.17, 15) is 22.8 Å². The zero-order chi connectivity index (χ0) is 26.4. The standard InChI is InChI=1S/C28H29F3N4O2/c1-2-24(20-7-4-3-5-8-20)26(36)33-23-13-14-25(32-19-23)34-15-6-16-35(18-17-34)27(37)21-9-11-22(12-10-21)28(29,30)31/h3-5,7-14,19,24H,2,6,15-18H2,1H3,(H,33,36)/t24-/m0/s1. The lowest BCUT2D eigenvalue weighted by molar-refractivity contribution is -0.137. The fraction of sp³-hybridized carbons (Fsp3) is 0.321. The molecule has 0 unspecified atom stereocenters. The topological polar surface area (TPSA) is 65.5 Å². The van der Waals surface area contributed by atoms with Crippen LogP contribution in [0.2, 0.25) is 0 Å². The summed E-state index contributed by atoms with van der Waals surface area (Å²) in [4.78, 5) is 33.9. The van der Waals surface area contributed by atoms with E-state index in [0.717, 1.165) is 23.5 Å². The number of anilines is 2. The second kappa shape index (κ2) is 11.5. The number of hydrogen-bond donors (Lipinski definition) is 1. The molecule has 0 radical (unpaired) electrons. The third-order valence-electron chi connectivity index (χ3n) is 6.51. The Morgan fingerprint density at radius 2 is 1.68 bits per heavy atom. The number of carbonyl (C=O) groups is 2. The minimum absolute atomic E-state index is 0.0876. The van der Waals surface area contributed by atoms with Gasteiger partial charge in [0.15, 0.2) is 0 Å². The Labute approximate surface area is 214 Å². The summed E-state index contributed by atoms with van der Waals surface area (Å²) in [5, 5.41) is 2.94. The highest BCUT2D eigenvalue weighted by molar-refractivity contribution is 5.96. The van der Waals surface area contributed by atoms with Gasteiger partial charge >= 0.3 is 6.18 Å². The zero-order valence-corrected chi connectivity index (χ0v) is 20.5. The SMILES string of the molecule is CC[C@H](C(=O)Nc1ccc(N2CCCN(C(=O)c3ccc(C(F)(F)F)cc3)CC2)nc1)c1ccccc1. The Morgan fingerprint density at radius 1 is 0.946 bits per heavy atom. The van der Waals surface area contributed by atoms with E-state index in [2.05, 4.69) is 15.2 Å². The number of carbonyl (C=O) groups excluding carboxylic acids is 2. The molecule has 9 heteroatoms. The van der Waals surface area contributed by atoms with Crippen LogP contribution in [0.1, 0.15) is 47.2 Å². The summed E-state index contributed by atoms with van der Waals surface area (Å²) in [5.41, 5.74) is 1.03. The monoisotopic (exact) mass is 510 g/mol. The summed E-state index contributed by atoms with van der Waals surface area (Å²) in [6.07, 6.45) is -1.44. The Hall–Kier alpha value is -3.88. The highest BCUT2D eigenvalue weighted by Crippen LogP contribution is 2.29. The van der Waals surface area contributed by atoms with Gasteiger partial charge in [0, 0.05) is 31.7 Å². The smallest absolute Gasteiger partial charge is 0.355 e. The molecule has 0 saturated carbocycles. The van der Waals surface area contributed by atoms with Crippen molar-refractivity contribution in [2.75, 3.05) is 36.4 Å². The van der Waals surface area contributed by atoms with Crippen molar-refractivity contribution in [1.29, 1.82) is 0 Å². The largest absolute Gasteiger partial charge is 0.416 e. The van der Waals surface area contributed by atoms with Crippen molar-refractivity contribution in [2.45, 2.75) is 31.9 Å². The van der Waals surface area contributed by atoms with Crippen LogP contribution in [-0.4, -0.2) is 47.9 Å². The van der Waals surface area contributed by atoms with E-state index in [0.29, 0.717) is 44.7 Å². The van der Waals surface area contributed by atoms with E-state index in [1.807, 2.05) is 49.4 Å². The van der Waals surface area contributed by atoms with Crippen molar-refractivity contribution >= 4 is 23.3 Å². The van der Waals surface area contributed by atoms with Gasteiger partial charge in [-0.05, 0) is 54.8 Å². The van der Waals surface area contributed by atoms with E-state index in [4.69, 9.17) is 0 Å². The third-order valence-corrected chi connectivity index (χ3v) is 6.51. The van der Waals surface area contributed by atoms with E-state index < -0.39 is 11.7 Å². The van der Waals surface area contributed by atoms with Crippen molar-refractivity contribution in [1.82, 2.24) is 9.88 Å². The first kappa shape index (κ1) is 26.2. The molecule has 0 spiro atoms. The summed E-state index contributed by atoms with van der Waals surface area (Å²) in [7, 11) is 0. The van der Waals surface area contributed by atoms with Crippen LogP contribution in [0.5, 0.6) is 0 Å². The molecule has 2 amide bonds. The number of nitrogens with zero attached hydrogens (tertiary/aromatic N) is 3. The highest BCUT2D eigenvalue weighted by Gasteiger charge is 2.30. The lowest BCUT2D eigenvalue weighted by atomic mass is 9.95. The number of benzene rings is 2. The molecule has 3 aromatic rings. The second-order valence-corrected chi connectivity index (χ2v) is 8.97. The second-order valence-electron chi connectivity index (χ2n) is 8.97. The maximum absolute atomic E-state index is 12.9. The molecule has 2 heterocycles. The molecular weight excluding hydrogens is 481 g/mol. The number of alkyl halides is 3. The van der Waals surface area contributed by atoms with E-state index in [-0.39, 0.29) is 23.3 Å². The highest BCUT2D eigenvalue weighted by atomic mass is 19.4. The molecular formula is C28H29F3N4O2. The molecule has 1 fully saturated rings. The first-order valence-corrected chi connectivity index (χ1v) is 12.3. The lowest BCUT2D eigenvalue weighted by Gasteiger charge is -2.23. The molecule has 1 aromatic heterocycles. The van der Waals surface area contributed by atoms with Crippen LogP contribution in [0, 0.1) is 0 Å². The summed E-state index contributed by atoms with van der Waals surface area (Å²) in [6.45, 7) is 4.12. The number of hydrogen-bond acceptors (Lipinski definition) is 4.